The standard InChI is InChI=1S/C22H24N4O3S/c27-22(24-20-15-23-25(17-20)16-18-7-3-1-4-8-18)19-11-13-26(14-12-19)30(28,29)21-9-5-2-6-10-21/h1-10,15,17,19H,11-14,16H2,(H,24,27). The van der Waals surface area contributed by atoms with Crippen molar-refractivity contribution in [2.24, 2.45) is 5.92 Å². The first kappa shape index (κ1) is 20.3. The Labute approximate surface area is 176 Å². The summed E-state index contributed by atoms with van der Waals surface area (Å²) in [6.45, 7) is 1.30. The van der Waals surface area contributed by atoms with Crippen LogP contribution in [0.3, 0.4) is 0 Å². The number of hydrogen-bond acceptors (Lipinski definition) is 4. The van der Waals surface area contributed by atoms with Gasteiger partial charge >= 0.3 is 0 Å². The molecule has 1 aromatic heterocycles. The Hall–Kier alpha value is -2.97. The van der Waals surface area contributed by atoms with Crippen LogP contribution >= 0.6 is 0 Å². The summed E-state index contributed by atoms with van der Waals surface area (Å²) in [6.07, 6.45) is 4.43. The van der Waals surface area contributed by atoms with Crippen LogP contribution in [0, 0.1) is 5.92 Å². The Morgan fingerprint density at radius 2 is 1.63 bits per heavy atom. The molecule has 30 heavy (non-hydrogen) atoms. The highest BCUT2D eigenvalue weighted by atomic mass is 32.2. The molecule has 1 aliphatic heterocycles. The van der Waals surface area contributed by atoms with Gasteiger partial charge in [0, 0.05) is 25.2 Å². The minimum absolute atomic E-state index is 0.0916. The van der Waals surface area contributed by atoms with Crippen molar-refractivity contribution >= 4 is 21.6 Å². The number of rotatable bonds is 6. The van der Waals surface area contributed by atoms with Gasteiger partial charge in [0.2, 0.25) is 15.9 Å². The van der Waals surface area contributed by atoms with E-state index < -0.39 is 10.0 Å². The van der Waals surface area contributed by atoms with E-state index in [1.165, 1.54) is 4.31 Å². The maximum absolute atomic E-state index is 12.7. The summed E-state index contributed by atoms with van der Waals surface area (Å²) in [6, 6.07) is 18.4. The highest BCUT2D eigenvalue weighted by molar-refractivity contribution is 7.89. The lowest BCUT2D eigenvalue weighted by Crippen LogP contribution is -2.41. The molecule has 0 atom stereocenters. The highest BCUT2D eigenvalue weighted by Crippen LogP contribution is 2.24. The van der Waals surface area contributed by atoms with Crippen LogP contribution in [-0.4, -0.2) is 41.5 Å². The lowest BCUT2D eigenvalue weighted by atomic mass is 9.97. The van der Waals surface area contributed by atoms with Crippen molar-refractivity contribution < 1.29 is 13.2 Å². The third-order valence-corrected chi connectivity index (χ3v) is 7.21. The first-order valence-electron chi connectivity index (χ1n) is 9.95. The largest absolute Gasteiger partial charge is 0.323 e. The molecule has 0 unspecified atom stereocenters. The van der Waals surface area contributed by atoms with Gasteiger partial charge in [-0.2, -0.15) is 9.40 Å². The van der Waals surface area contributed by atoms with Gasteiger partial charge in [0.25, 0.3) is 0 Å². The summed E-state index contributed by atoms with van der Waals surface area (Å²) in [5.41, 5.74) is 1.78. The van der Waals surface area contributed by atoms with Crippen LogP contribution in [0.15, 0.2) is 78.0 Å². The van der Waals surface area contributed by atoms with Gasteiger partial charge < -0.3 is 5.32 Å². The minimum atomic E-state index is -3.51. The molecule has 0 bridgehead atoms. The number of amides is 1. The van der Waals surface area contributed by atoms with Crippen LogP contribution in [-0.2, 0) is 21.4 Å². The average molecular weight is 425 g/mol. The van der Waals surface area contributed by atoms with E-state index in [1.807, 2.05) is 30.3 Å². The molecule has 4 rings (SSSR count). The second-order valence-corrected chi connectivity index (χ2v) is 9.33. The smallest absolute Gasteiger partial charge is 0.243 e. The Kier molecular flexibility index (Phi) is 5.96. The molecule has 2 aromatic carbocycles. The van der Waals surface area contributed by atoms with E-state index in [1.54, 1.807) is 47.4 Å². The zero-order chi connectivity index (χ0) is 21.0. The Bertz CT molecular complexity index is 1090. The number of nitrogens with zero attached hydrogens (tertiary/aromatic N) is 3. The second-order valence-electron chi connectivity index (χ2n) is 7.39. The lowest BCUT2D eigenvalue weighted by molar-refractivity contribution is -0.120. The first-order valence-corrected chi connectivity index (χ1v) is 11.4. The number of nitrogens with one attached hydrogen (secondary N) is 1. The molecule has 7 nitrogen and oxygen atoms in total. The third kappa shape index (κ3) is 4.60. The van der Waals surface area contributed by atoms with Crippen molar-refractivity contribution in [1.82, 2.24) is 14.1 Å². The molecule has 1 N–H and O–H groups in total. The maximum Gasteiger partial charge on any atom is 0.243 e. The number of anilines is 1. The van der Waals surface area contributed by atoms with Crippen LogP contribution in [0.2, 0.25) is 0 Å². The van der Waals surface area contributed by atoms with Crippen LogP contribution in [0.5, 0.6) is 0 Å². The third-order valence-electron chi connectivity index (χ3n) is 5.29. The molecule has 0 spiro atoms. The van der Waals surface area contributed by atoms with E-state index in [2.05, 4.69) is 10.4 Å². The summed E-state index contributed by atoms with van der Waals surface area (Å²) >= 11 is 0. The second kappa shape index (κ2) is 8.81. The van der Waals surface area contributed by atoms with E-state index in [-0.39, 0.29) is 11.8 Å². The summed E-state index contributed by atoms with van der Waals surface area (Å²) in [5.74, 6) is -0.310. The Morgan fingerprint density at radius 3 is 2.30 bits per heavy atom. The molecule has 0 aliphatic carbocycles. The monoisotopic (exact) mass is 424 g/mol. The molecule has 0 saturated carbocycles. The van der Waals surface area contributed by atoms with Gasteiger partial charge in [0.15, 0.2) is 0 Å². The van der Waals surface area contributed by atoms with Crippen molar-refractivity contribution in [3.8, 4) is 0 Å². The number of sulfonamides is 1. The molecule has 8 heteroatoms. The van der Waals surface area contributed by atoms with E-state index in [9.17, 15) is 13.2 Å². The number of carbonyl (C=O) groups is 1. The Morgan fingerprint density at radius 1 is 1.00 bits per heavy atom. The van der Waals surface area contributed by atoms with Crippen molar-refractivity contribution in [3.63, 3.8) is 0 Å². The summed E-state index contributed by atoms with van der Waals surface area (Å²) < 4.78 is 28.7. The quantitative estimate of drug-likeness (QED) is 0.659. The molecule has 2 heterocycles. The number of hydrogen-bond donors (Lipinski definition) is 1. The van der Waals surface area contributed by atoms with E-state index >= 15 is 0 Å². The Balaban J connectivity index is 1.32. The van der Waals surface area contributed by atoms with Gasteiger partial charge in [-0.25, -0.2) is 8.42 Å². The molecule has 156 valence electrons. The molecule has 0 radical (unpaired) electrons. The molecule has 1 amide bonds. The maximum atomic E-state index is 12.7. The van der Waals surface area contributed by atoms with Crippen LogP contribution < -0.4 is 5.32 Å². The fourth-order valence-corrected chi connectivity index (χ4v) is 5.12. The van der Waals surface area contributed by atoms with E-state index in [4.69, 9.17) is 0 Å². The van der Waals surface area contributed by atoms with Crippen molar-refractivity contribution in [2.45, 2.75) is 24.3 Å². The number of benzene rings is 2. The van der Waals surface area contributed by atoms with Gasteiger partial charge in [-0.05, 0) is 30.5 Å². The summed E-state index contributed by atoms with van der Waals surface area (Å²) in [5, 5.41) is 7.21. The van der Waals surface area contributed by atoms with E-state index in [0.717, 1.165) is 5.56 Å². The zero-order valence-corrected chi connectivity index (χ0v) is 17.3. The lowest BCUT2D eigenvalue weighted by Gasteiger charge is -2.30. The van der Waals surface area contributed by atoms with Gasteiger partial charge in [-0.1, -0.05) is 48.5 Å². The van der Waals surface area contributed by atoms with Gasteiger partial charge in [0.1, 0.15) is 0 Å². The fraction of sp³-hybridized carbons (Fsp3) is 0.273. The summed E-state index contributed by atoms with van der Waals surface area (Å²) in [7, 11) is -3.51. The predicted molar refractivity (Wildman–Crippen MR) is 114 cm³/mol. The molecular weight excluding hydrogens is 400 g/mol. The van der Waals surface area contributed by atoms with Gasteiger partial charge in [-0.3, -0.25) is 9.48 Å². The first-order chi connectivity index (χ1) is 14.5. The molecule has 1 saturated heterocycles. The summed E-state index contributed by atoms with van der Waals surface area (Å²) in [4.78, 5) is 12.9. The van der Waals surface area contributed by atoms with Crippen molar-refractivity contribution in [2.75, 3.05) is 18.4 Å². The molecule has 1 fully saturated rings. The zero-order valence-electron chi connectivity index (χ0n) is 16.5. The normalized spacial score (nSPS) is 15.7. The van der Waals surface area contributed by atoms with Crippen molar-refractivity contribution in [3.05, 3.63) is 78.6 Å². The number of aromatic nitrogens is 2. The number of carbonyl (C=O) groups excluding carboxylic acids is 1. The van der Waals surface area contributed by atoms with Crippen molar-refractivity contribution in [1.29, 1.82) is 0 Å². The molecule has 3 aromatic rings. The van der Waals surface area contributed by atoms with Crippen LogP contribution in [0.25, 0.3) is 0 Å². The van der Waals surface area contributed by atoms with E-state index in [0.29, 0.717) is 43.1 Å². The SMILES string of the molecule is O=C(Nc1cnn(Cc2ccccc2)c1)C1CCN(S(=O)(=O)c2ccccc2)CC1. The van der Waals surface area contributed by atoms with Crippen LogP contribution in [0.4, 0.5) is 5.69 Å². The fourth-order valence-electron chi connectivity index (χ4n) is 3.63. The highest BCUT2D eigenvalue weighted by Gasteiger charge is 2.32. The molecule has 1 aliphatic rings. The van der Waals surface area contributed by atoms with Gasteiger partial charge in [-0.15, -0.1) is 0 Å². The van der Waals surface area contributed by atoms with Crippen LogP contribution in [0.1, 0.15) is 18.4 Å². The topological polar surface area (TPSA) is 84.3 Å². The average Bonchev–Trinajstić information content (AvgIpc) is 3.21. The number of piperidine rings is 1. The predicted octanol–water partition coefficient (Wildman–Crippen LogP) is 2.97. The molecular formula is C22H24N4O3S. The minimum Gasteiger partial charge on any atom is -0.323 e. The van der Waals surface area contributed by atoms with Gasteiger partial charge in [0.05, 0.1) is 23.3 Å².